The highest BCUT2D eigenvalue weighted by Crippen LogP contribution is 2.28. The Morgan fingerprint density at radius 3 is 2.29 bits per heavy atom. The quantitative estimate of drug-likeness (QED) is 0.586. The van der Waals surface area contributed by atoms with Crippen molar-refractivity contribution in [3.8, 4) is 0 Å². The van der Waals surface area contributed by atoms with Gasteiger partial charge in [-0.25, -0.2) is 15.8 Å². The van der Waals surface area contributed by atoms with E-state index >= 15 is 0 Å². The lowest BCUT2D eigenvalue weighted by molar-refractivity contribution is 0.373. The summed E-state index contributed by atoms with van der Waals surface area (Å²) in [7, 11) is 0. The number of nitrogens with two attached hydrogens (primary N) is 1. The van der Waals surface area contributed by atoms with E-state index in [4.69, 9.17) is 10.8 Å². The van der Waals surface area contributed by atoms with E-state index in [0.29, 0.717) is 5.82 Å². The third-order valence-corrected chi connectivity index (χ3v) is 4.24. The molecule has 1 aliphatic rings. The molecule has 0 radical (unpaired) electrons. The van der Waals surface area contributed by atoms with E-state index in [-0.39, 0.29) is 5.41 Å². The fraction of sp³-hybridized carbons (Fsp3) is 0.750. The van der Waals surface area contributed by atoms with Crippen molar-refractivity contribution in [2.75, 3.05) is 17.3 Å². The molecular weight excluding hydrogens is 262 g/mol. The monoisotopic (exact) mass is 291 g/mol. The van der Waals surface area contributed by atoms with Crippen LogP contribution in [0.5, 0.6) is 0 Å². The zero-order valence-corrected chi connectivity index (χ0v) is 13.8. The van der Waals surface area contributed by atoms with E-state index in [9.17, 15) is 0 Å². The molecule has 1 aliphatic carbocycles. The van der Waals surface area contributed by atoms with Crippen LogP contribution in [-0.2, 0) is 5.41 Å². The van der Waals surface area contributed by atoms with Gasteiger partial charge in [0.2, 0.25) is 0 Å². The van der Waals surface area contributed by atoms with Gasteiger partial charge in [0.25, 0.3) is 0 Å². The first-order valence-electron chi connectivity index (χ1n) is 8.01. The lowest BCUT2D eigenvalue weighted by atomic mass is 9.89. The summed E-state index contributed by atoms with van der Waals surface area (Å²) >= 11 is 0. The molecule has 5 heteroatoms. The van der Waals surface area contributed by atoms with Gasteiger partial charge in [-0.05, 0) is 25.7 Å². The number of hydrogen-bond acceptors (Lipinski definition) is 5. The number of hydrogen-bond donors (Lipinski definition) is 3. The molecule has 1 heterocycles. The molecule has 0 spiro atoms. The molecule has 0 bridgehead atoms. The van der Waals surface area contributed by atoms with Crippen LogP contribution in [0.15, 0.2) is 0 Å². The Morgan fingerprint density at radius 2 is 1.71 bits per heavy atom. The molecule has 0 unspecified atom stereocenters. The van der Waals surface area contributed by atoms with Crippen LogP contribution in [-0.4, -0.2) is 16.5 Å². The molecule has 0 atom stereocenters. The van der Waals surface area contributed by atoms with Crippen LogP contribution in [0.1, 0.15) is 64.3 Å². The second-order valence-corrected chi connectivity index (χ2v) is 7.15. The van der Waals surface area contributed by atoms with Crippen molar-refractivity contribution in [2.45, 2.75) is 65.2 Å². The van der Waals surface area contributed by atoms with Gasteiger partial charge in [0, 0.05) is 17.5 Å². The van der Waals surface area contributed by atoms with Crippen molar-refractivity contribution in [1.29, 1.82) is 0 Å². The molecular formula is C16H29N5. The van der Waals surface area contributed by atoms with Crippen LogP contribution < -0.4 is 16.6 Å². The molecule has 21 heavy (non-hydrogen) atoms. The van der Waals surface area contributed by atoms with E-state index < -0.39 is 0 Å². The first-order valence-corrected chi connectivity index (χ1v) is 8.01. The first kappa shape index (κ1) is 16.0. The van der Waals surface area contributed by atoms with Crippen molar-refractivity contribution in [3.05, 3.63) is 11.4 Å². The van der Waals surface area contributed by atoms with Gasteiger partial charge >= 0.3 is 0 Å². The number of rotatable bonds is 4. The number of anilines is 2. The average Bonchev–Trinajstić information content (AvgIpc) is 2.46. The molecule has 1 saturated carbocycles. The van der Waals surface area contributed by atoms with Crippen molar-refractivity contribution in [3.63, 3.8) is 0 Å². The molecule has 2 rings (SSSR count). The second kappa shape index (κ2) is 6.60. The second-order valence-electron chi connectivity index (χ2n) is 7.15. The van der Waals surface area contributed by atoms with Crippen LogP contribution in [0.25, 0.3) is 0 Å². The SMILES string of the molecule is Cc1c(NN)nc(C(C)(C)C)nc1NCC1CCCCC1. The zero-order chi connectivity index (χ0) is 15.5. The summed E-state index contributed by atoms with van der Waals surface area (Å²) in [6.07, 6.45) is 6.75. The molecule has 4 N–H and O–H groups in total. The van der Waals surface area contributed by atoms with Crippen molar-refractivity contribution in [1.82, 2.24) is 9.97 Å². The van der Waals surface area contributed by atoms with Gasteiger partial charge in [-0.15, -0.1) is 0 Å². The summed E-state index contributed by atoms with van der Waals surface area (Å²) in [4.78, 5) is 9.25. The van der Waals surface area contributed by atoms with Crippen LogP contribution >= 0.6 is 0 Å². The summed E-state index contributed by atoms with van der Waals surface area (Å²) < 4.78 is 0. The molecule has 1 fully saturated rings. The fourth-order valence-corrected chi connectivity index (χ4v) is 2.80. The van der Waals surface area contributed by atoms with Gasteiger partial charge in [-0.1, -0.05) is 40.0 Å². The van der Waals surface area contributed by atoms with Crippen LogP contribution in [0.4, 0.5) is 11.6 Å². The van der Waals surface area contributed by atoms with Gasteiger partial charge in [0.1, 0.15) is 17.5 Å². The third kappa shape index (κ3) is 4.06. The summed E-state index contributed by atoms with van der Waals surface area (Å²) in [5.41, 5.74) is 3.59. The molecule has 0 aliphatic heterocycles. The zero-order valence-electron chi connectivity index (χ0n) is 13.8. The van der Waals surface area contributed by atoms with Gasteiger partial charge in [-0.2, -0.15) is 0 Å². The van der Waals surface area contributed by atoms with Crippen molar-refractivity contribution >= 4 is 11.6 Å². The Kier molecular flexibility index (Phi) is 5.04. The largest absolute Gasteiger partial charge is 0.369 e. The summed E-state index contributed by atoms with van der Waals surface area (Å²) in [5.74, 6) is 8.80. The predicted octanol–water partition coefficient (Wildman–Crippen LogP) is 3.36. The van der Waals surface area contributed by atoms with Gasteiger partial charge in [0.15, 0.2) is 0 Å². The van der Waals surface area contributed by atoms with E-state index in [0.717, 1.165) is 29.7 Å². The van der Waals surface area contributed by atoms with Crippen molar-refractivity contribution in [2.24, 2.45) is 11.8 Å². The van der Waals surface area contributed by atoms with E-state index in [1.54, 1.807) is 0 Å². The number of nitrogen functional groups attached to an aromatic ring is 1. The van der Waals surface area contributed by atoms with E-state index in [2.05, 4.69) is 36.5 Å². The first-order chi connectivity index (χ1) is 9.91. The fourth-order valence-electron chi connectivity index (χ4n) is 2.80. The maximum Gasteiger partial charge on any atom is 0.148 e. The van der Waals surface area contributed by atoms with Gasteiger partial charge < -0.3 is 10.7 Å². The van der Waals surface area contributed by atoms with Gasteiger partial charge in [0.05, 0.1) is 0 Å². The molecule has 1 aromatic rings. The number of aromatic nitrogens is 2. The summed E-state index contributed by atoms with van der Waals surface area (Å²) in [6.45, 7) is 9.34. The minimum atomic E-state index is -0.0967. The number of hydrazine groups is 1. The number of nitrogens with one attached hydrogen (secondary N) is 2. The van der Waals surface area contributed by atoms with Crippen LogP contribution in [0, 0.1) is 12.8 Å². The molecule has 5 nitrogen and oxygen atoms in total. The highest BCUT2D eigenvalue weighted by molar-refractivity contribution is 5.57. The summed E-state index contributed by atoms with van der Waals surface area (Å²) in [6, 6.07) is 0. The highest BCUT2D eigenvalue weighted by Gasteiger charge is 2.21. The smallest absolute Gasteiger partial charge is 0.148 e. The molecule has 118 valence electrons. The Hall–Kier alpha value is -1.36. The van der Waals surface area contributed by atoms with Crippen molar-refractivity contribution < 1.29 is 0 Å². The Labute approximate surface area is 128 Å². The lowest BCUT2D eigenvalue weighted by Gasteiger charge is -2.24. The van der Waals surface area contributed by atoms with E-state index in [1.165, 1.54) is 32.1 Å². The Balaban J connectivity index is 2.16. The highest BCUT2D eigenvalue weighted by atomic mass is 15.3. The Morgan fingerprint density at radius 1 is 1.10 bits per heavy atom. The molecule has 0 saturated heterocycles. The Bertz CT molecular complexity index is 472. The molecule has 0 aromatic carbocycles. The van der Waals surface area contributed by atoms with Crippen LogP contribution in [0.2, 0.25) is 0 Å². The minimum Gasteiger partial charge on any atom is -0.369 e. The minimum absolute atomic E-state index is 0.0967. The standard InChI is InChI=1S/C16H29N5/c1-11-13(18-10-12-8-6-5-7-9-12)19-15(16(2,3)4)20-14(11)21-17/h12H,5-10,17H2,1-4H3,(H2,18,19,20,21). The van der Waals surface area contributed by atoms with Gasteiger partial charge in [-0.3, -0.25) is 0 Å². The maximum atomic E-state index is 5.60. The molecule has 1 aromatic heterocycles. The summed E-state index contributed by atoms with van der Waals surface area (Å²) in [5, 5.41) is 3.52. The number of nitrogens with zero attached hydrogens (tertiary/aromatic N) is 2. The molecule has 0 amide bonds. The van der Waals surface area contributed by atoms with Crippen LogP contribution in [0.3, 0.4) is 0 Å². The average molecular weight is 291 g/mol. The lowest BCUT2D eigenvalue weighted by Crippen LogP contribution is -2.23. The normalized spacial score (nSPS) is 16.8. The topological polar surface area (TPSA) is 75.9 Å². The van der Waals surface area contributed by atoms with E-state index in [1.807, 2.05) is 6.92 Å². The predicted molar refractivity (Wildman–Crippen MR) is 88.3 cm³/mol. The maximum absolute atomic E-state index is 5.60. The third-order valence-electron chi connectivity index (χ3n) is 4.24.